The van der Waals surface area contributed by atoms with Gasteiger partial charge in [0.2, 0.25) is 0 Å². The number of fused-ring (bicyclic) bond motifs is 11. The average molecular weight is 617 g/mol. The van der Waals surface area contributed by atoms with Gasteiger partial charge in [-0.3, -0.25) is 0 Å². The van der Waals surface area contributed by atoms with Crippen molar-refractivity contribution >= 4 is 55.1 Å². The first kappa shape index (κ1) is 25.9. The summed E-state index contributed by atoms with van der Waals surface area (Å²) in [4.78, 5) is 2.35. The Morgan fingerprint density at radius 3 is 2.00 bits per heavy atom. The molecule has 4 nitrogen and oxygen atoms in total. The maximum Gasteiger partial charge on any atom is 0.187 e. The van der Waals surface area contributed by atoms with E-state index in [0.29, 0.717) is 0 Å². The Labute approximate surface area is 276 Å². The number of benzene rings is 7. The zero-order chi connectivity index (χ0) is 31.3. The van der Waals surface area contributed by atoms with E-state index in [1.165, 1.54) is 44.2 Å². The van der Waals surface area contributed by atoms with Gasteiger partial charge in [0.15, 0.2) is 6.23 Å². The third-order valence-electron chi connectivity index (χ3n) is 10.3. The first-order valence-corrected chi connectivity index (χ1v) is 16.5. The molecule has 0 fully saturated rings. The van der Waals surface area contributed by atoms with Crippen LogP contribution in [-0.2, 0) is 0 Å². The summed E-state index contributed by atoms with van der Waals surface area (Å²) in [5.41, 5.74) is 12.4. The average Bonchev–Trinajstić information content (AvgIpc) is 3.88. The minimum Gasteiger partial charge on any atom is -0.469 e. The fourth-order valence-electron chi connectivity index (χ4n) is 8.33. The highest BCUT2D eigenvalue weighted by atomic mass is 16.5. The van der Waals surface area contributed by atoms with E-state index in [-0.39, 0.29) is 12.1 Å². The lowest BCUT2D eigenvalue weighted by Gasteiger charge is -2.26. The maximum absolute atomic E-state index is 6.79. The molecule has 2 aliphatic heterocycles. The lowest BCUT2D eigenvalue weighted by atomic mass is 9.87. The van der Waals surface area contributed by atoms with Crippen LogP contribution in [0.4, 0.5) is 11.4 Å². The van der Waals surface area contributed by atoms with Crippen LogP contribution >= 0.6 is 0 Å². The minimum atomic E-state index is -0.143. The normalized spacial score (nSPS) is 16.5. The number of aromatic nitrogens is 1. The van der Waals surface area contributed by atoms with Gasteiger partial charge in [-0.2, -0.15) is 0 Å². The van der Waals surface area contributed by atoms with Crippen molar-refractivity contribution in [3.8, 4) is 22.6 Å². The van der Waals surface area contributed by atoms with Crippen LogP contribution < -0.4 is 9.64 Å². The molecule has 2 unspecified atom stereocenters. The van der Waals surface area contributed by atoms with Crippen molar-refractivity contribution in [2.24, 2.45) is 0 Å². The molecule has 9 aromatic rings. The summed E-state index contributed by atoms with van der Waals surface area (Å²) in [6, 6.07) is 56.2. The van der Waals surface area contributed by atoms with E-state index in [9.17, 15) is 0 Å². The van der Waals surface area contributed by atoms with Crippen molar-refractivity contribution in [1.82, 2.24) is 4.57 Å². The van der Waals surface area contributed by atoms with E-state index in [0.717, 1.165) is 44.6 Å². The second-order valence-corrected chi connectivity index (χ2v) is 12.8. The molecule has 0 bridgehead atoms. The van der Waals surface area contributed by atoms with Gasteiger partial charge < -0.3 is 18.6 Å². The first-order valence-electron chi connectivity index (χ1n) is 16.5. The number of nitrogens with zero attached hydrogens (tertiary/aromatic N) is 2. The Morgan fingerprint density at radius 1 is 0.500 bits per heavy atom. The molecular weight excluding hydrogens is 588 g/mol. The molecule has 226 valence electrons. The van der Waals surface area contributed by atoms with Gasteiger partial charge in [-0.1, -0.05) is 91.0 Å². The Kier molecular flexibility index (Phi) is 5.19. The van der Waals surface area contributed by atoms with Gasteiger partial charge in [-0.15, -0.1) is 0 Å². The number of hydrogen-bond acceptors (Lipinski definition) is 3. The quantitative estimate of drug-likeness (QED) is 0.198. The van der Waals surface area contributed by atoms with Gasteiger partial charge >= 0.3 is 0 Å². The number of ether oxygens (including phenoxy) is 1. The zero-order valence-corrected chi connectivity index (χ0v) is 25.9. The van der Waals surface area contributed by atoms with Crippen molar-refractivity contribution in [1.29, 1.82) is 0 Å². The number of anilines is 2. The molecule has 0 saturated carbocycles. The molecule has 2 aromatic heterocycles. The molecule has 0 radical (unpaired) electrons. The molecule has 4 heterocycles. The van der Waals surface area contributed by atoms with Crippen molar-refractivity contribution in [3.05, 3.63) is 169 Å². The van der Waals surface area contributed by atoms with E-state index in [4.69, 9.17) is 9.15 Å². The van der Waals surface area contributed by atoms with Crippen LogP contribution in [0, 0.1) is 0 Å². The van der Waals surface area contributed by atoms with Crippen molar-refractivity contribution < 1.29 is 9.15 Å². The van der Waals surface area contributed by atoms with Crippen molar-refractivity contribution in [2.75, 3.05) is 4.90 Å². The smallest absolute Gasteiger partial charge is 0.187 e. The van der Waals surface area contributed by atoms with Crippen molar-refractivity contribution in [2.45, 2.75) is 12.1 Å². The van der Waals surface area contributed by atoms with Gasteiger partial charge in [0.05, 0.1) is 17.0 Å². The number of para-hydroxylation sites is 4. The SMILES string of the molecule is c1ccc(N2c3ccccc3C3c4c(cccc4-c4ccc5c(c4)oc4cc(-n6c7ccccc7c7ccccc76)ccc45)OC32)cc1. The fraction of sp³-hybridized carbons (Fsp3) is 0.0455. The Bertz CT molecular complexity index is 2680. The van der Waals surface area contributed by atoms with Gasteiger partial charge in [0.1, 0.15) is 16.9 Å². The van der Waals surface area contributed by atoms with E-state index >= 15 is 0 Å². The molecule has 0 saturated heterocycles. The lowest BCUT2D eigenvalue weighted by molar-refractivity contribution is 0.234. The largest absolute Gasteiger partial charge is 0.469 e. The lowest BCUT2D eigenvalue weighted by Crippen LogP contribution is -2.32. The summed E-state index contributed by atoms with van der Waals surface area (Å²) in [6.07, 6.45) is -0.143. The van der Waals surface area contributed by atoms with E-state index in [1.54, 1.807) is 0 Å². The van der Waals surface area contributed by atoms with Crippen LogP contribution in [0.25, 0.3) is 60.6 Å². The monoisotopic (exact) mass is 616 g/mol. The minimum absolute atomic E-state index is 0.0905. The summed E-state index contributed by atoms with van der Waals surface area (Å²) < 4.78 is 15.8. The van der Waals surface area contributed by atoms with Crippen LogP contribution in [0.2, 0.25) is 0 Å². The third-order valence-corrected chi connectivity index (χ3v) is 10.3. The highest BCUT2D eigenvalue weighted by Gasteiger charge is 2.48. The van der Waals surface area contributed by atoms with Gasteiger partial charge in [-0.05, 0) is 77.4 Å². The Hall–Kier alpha value is -6.26. The van der Waals surface area contributed by atoms with E-state index in [1.807, 2.05) is 0 Å². The van der Waals surface area contributed by atoms with E-state index in [2.05, 4.69) is 167 Å². The number of hydrogen-bond donors (Lipinski definition) is 0. The van der Waals surface area contributed by atoms with Gasteiger partial charge in [0.25, 0.3) is 0 Å². The summed E-state index contributed by atoms with van der Waals surface area (Å²) in [6.45, 7) is 0. The Balaban J connectivity index is 1.04. The molecule has 2 atom stereocenters. The second-order valence-electron chi connectivity index (χ2n) is 12.8. The topological polar surface area (TPSA) is 30.5 Å². The fourth-order valence-corrected chi connectivity index (χ4v) is 8.33. The molecule has 48 heavy (non-hydrogen) atoms. The first-order chi connectivity index (χ1) is 23.8. The molecule has 0 N–H and O–H groups in total. The number of rotatable bonds is 3. The molecule has 2 aliphatic rings. The van der Waals surface area contributed by atoms with Gasteiger partial charge in [-0.25, -0.2) is 0 Å². The molecule has 4 heteroatoms. The standard InChI is InChI=1S/C44H28N2O2/c1-2-11-28(12-3-1)46-38-19-9-6-15-35(38)43-42-30(16-10-20-39(42)48-44(43)46)27-21-23-33-34-24-22-29(26-41(34)47-40(33)25-27)45-36-17-7-4-13-31(36)32-14-5-8-18-37(32)45/h1-26,43-44H. The zero-order valence-electron chi connectivity index (χ0n) is 25.9. The van der Waals surface area contributed by atoms with Crippen LogP contribution in [0.1, 0.15) is 17.0 Å². The summed E-state index contributed by atoms with van der Waals surface area (Å²) in [5.74, 6) is 1.03. The molecular formula is C44H28N2O2. The number of furan rings is 1. The predicted molar refractivity (Wildman–Crippen MR) is 195 cm³/mol. The predicted octanol–water partition coefficient (Wildman–Crippen LogP) is 11.4. The highest BCUT2D eigenvalue weighted by molar-refractivity contribution is 6.10. The Morgan fingerprint density at radius 2 is 1.19 bits per heavy atom. The van der Waals surface area contributed by atoms with Crippen LogP contribution in [0.15, 0.2) is 162 Å². The van der Waals surface area contributed by atoms with Crippen LogP contribution in [0.3, 0.4) is 0 Å². The van der Waals surface area contributed by atoms with E-state index < -0.39 is 0 Å². The van der Waals surface area contributed by atoms with Gasteiger partial charge in [0, 0.05) is 50.2 Å². The highest BCUT2D eigenvalue weighted by Crippen LogP contribution is 2.56. The molecule has 0 amide bonds. The molecule has 11 rings (SSSR count). The van der Waals surface area contributed by atoms with Crippen LogP contribution in [-0.4, -0.2) is 10.8 Å². The van der Waals surface area contributed by atoms with Crippen molar-refractivity contribution in [3.63, 3.8) is 0 Å². The molecule has 0 spiro atoms. The van der Waals surface area contributed by atoms with Crippen LogP contribution in [0.5, 0.6) is 5.75 Å². The second kappa shape index (κ2) is 9.63. The molecule has 0 aliphatic carbocycles. The third kappa shape index (κ3) is 3.49. The summed E-state index contributed by atoms with van der Waals surface area (Å²) >= 11 is 0. The summed E-state index contributed by atoms with van der Waals surface area (Å²) in [5, 5.41) is 4.73. The maximum atomic E-state index is 6.79. The summed E-state index contributed by atoms with van der Waals surface area (Å²) in [7, 11) is 0. The molecule has 7 aromatic carbocycles.